The zero-order valence-corrected chi connectivity index (χ0v) is 10.7. The molecule has 0 radical (unpaired) electrons. The normalized spacial score (nSPS) is 10.8. The van der Waals surface area contributed by atoms with Gasteiger partial charge in [-0.15, -0.1) is 0 Å². The maximum absolute atomic E-state index is 11.5. The second-order valence-corrected chi connectivity index (χ2v) is 4.64. The first-order chi connectivity index (χ1) is 8.54. The van der Waals surface area contributed by atoms with E-state index in [-0.39, 0.29) is 5.58 Å². The molecule has 1 N–H and O–H groups in total. The molecule has 1 aromatic heterocycles. The monoisotopic (exact) mass is 286 g/mol. The number of halogens is 1. The zero-order valence-electron chi connectivity index (χ0n) is 9.10. The van der Waals surface area contributed by atoms with Gasteiger partial charge in [-0.05, 0) is 18.2 Å². The topological polar surface area (TPSA) is 76.7 Å². The van der Waals surface area contributed by atoms with Crippen LogP contribution in [-0.4, -0.2) is 18.2 Å². The lowest BCUT2D eigenvalue weighted by Gasteiger charge is -2.05. The highest BCUT2D eigenvalue weighted by Gasteiger charge is 2.16. The summed E-state index contributed by atoms with van der Waals surface area (Å²) in [4.78, 5) is 22.9. The molecule has 0 saturated carbocycles. The van der Waals surface area contributed by atoms with E-state index in [0.29, 0.717) is 15.3 Å². The molecule has 7 heteroatoms. The van der Waals surface area contributed by atoms with Gasteiger partial charge in [0.15, 0.2) is 5.58 Å². The third-order valence-electron chi connectivity index (χ3n) is 2.21. The lowest BCUT2D eigenvalue weighted by atomic mass is 10.2. The highest BCUT2D eigenvalue weighted by atomic mass is 35.5. The Kier molecular flexibility index (Phi) is 3.60. The number of aromatic carboxylic acids is 1. The highest BCUT2D eigenvalue weighted by Crippen LogP contribution is 2.32. The number of fused-ring (bicyclic) bond motifs is 1. The molecule has 0 amide bonds. The summed E-state index contributed by atoms with van der Waals surface area (Å²) in [6.45, 7) is 0. The van der Waals surface area contributed by atoms with Gasteiger partial charge in [-0.25, -0.2) is 9.59 Å². The van der Waals surface area contributed by atoms with Gasteiger partial charge in [0.1, 0.15) is 5.56 Å². The van der Waals surface area contributed by atoms with E-state index in [4.69, 9.17) is 25.3 Å². The summed E-state index contributed by atoms with van der Waals surface area (Å²) in [5.41, 5.74) is -1.16. The minimum atomic E-state index is -1.36. The van der Waals surface area contributed by atoms with Crippen LogP contribution in [0.5, 0.6) is 0 Å². The Morgan fingerprint density at radius 3 is 2.83 bits per heavy atom. The van der Waals surface area contributed by atoms with Crippen molar-refractivity contribution in [2.75, 3.05) is 7.11 Å². The first-order valence-corrected chi connectivity index (χ1v) is 5.87. The van der Waals surface area contributed by atoms with E-state index in [1.165, 1.54) is 13.2 Å². The van der Waals surface area contributed by atoms with Crippen molar-refractivity contribution in [1.29, 1.82) is 0 Å². The minimum absolute atomic E-state index is 0.212. The average molecular weight is 287 g/mol. The number of hydrogen-bond donors (Lipinski definition) is 1. The Balaban J connectivity index is 2.82. The minimum Gasteiger partial charge on any atom is -0.477 e. The molecule has 0 unspecified atom stereocenters. The summed E-state index contributed by atoms with van der Waals surface area (Å²) in [5, 5.41) is 9.52. The predicted octanol–water partition coefficient (Wildman–Crippen LogP) is 2.80. The third-order valence-corrected chi connectivity index (χ3v) is 3.21. The first kappa shape index (κ1) is 12.9. The van der Waals surface area contributed by atoms with E-state index in [1.54, 1.807) is 12.1 Å². The van der Waals surface area contributed by atoms with Gasteiger partial charge in [0.05, 0.1) is 17.0 Å². The van der Waals surface area contributed by atoms with Crippen molar-refractivity contribution >= 4 is 40.6 Å². The molecule has 0 atom stereocenters. The SMILES string of the molecule is COSc1ccc(Cl)c2cc(C(=O)O)c(=O)oc12. The van der Waals surface area contributed by atoms with E-state index in [9.17, 15) is 9.59 Å². The molecule has 94 valence electrons. The number of carbonyl (C=O) groups is 1. The maximum Gasteiger partial charge on any atom is 0.351 e. The van der Waals surface area contributed by atoms with E-state index < -0.39 is 17.2 Å². The number of rotatable bonds is 3. The Morgan fingerprint density at radius 1 is 1.50 bits per heavy atom. The Hall–Kier alpha value is -1.50. The van der Waals surface area contributed by atoms with Gasteiger partial charge < -0.3 is 13.7 Å². The van der Waals surface area contributed by atoms with Gasteiger partial charge in [-0.1, -0.05) is 11.6 Å². The molecule has 0 aliphatic heterocycles. The maximum atomic E-state index is 11.5. The molecule has 18 heavy (non-hydrogen) atoms. The first-order valence-electron chi connectivity index (χ1n) is 4.75. The largest absolute Gasteiger partial charge is 0.477 e. The molecule has 1 aromatic carbocycles. The van der Waals surface area contributed by atoms with Crippen LogP contribution < -0.4 is 5.63 Å². The van der Waals surface area contributed by atoms with Crippen molar-refractivity contribution in [3.05, 3.63) is 39.2 Å². The smallest absolute Gasteiger partial charge is 0.351 e. The zero-order chi connectivity index (χ0) is 13.3. The van der Waals surface area contributed by atoms with Crippen LogP contribution in [0.2, 0.25) is 5.02 Å². The van der Waals surface area contributed by atoms with Gasteiger partial charge in [0.2, 0.25) is 0 Å². The summed E-state index contributed by atoms with van der Waals surface area (Å²) in [6.07, 6.45) is 0. The molecular formula is C11H7ClO5S. The number of carboxylic acids is 1. The molecule has 2 aromatic rings. The fourth-order valence-corrected chi connectivity index (χ4v) is 2.18. The Morgan fingerprint density at radius 2 is 2.22 bits per heavy atom. The quantitative estimate of drug-likeness (QED) is 0.690. The number of carboxylic acid groups (broad SMARTS) is 1. The van der Waals surface area contributed by atoms with Gasteiger partial charge in [0.25, 0.3) is 0 Å². The molecule has 2 rings (SSSR count). The van der Waals surface area contributed by atoms with Gasteiger partial charge in [-0.2, -0.15) is 0 Å². The molecule has 0 fully saturated rings. The molecule has 0 saturated heterocycles. The van der Waals surface area contributed by atoms with E-state index in [2.05, 4.69) is 0 Å². The third kappa shape index (κ3) is 2.22. The van der Waals surface area contributed by atoms with Crippen molar-refractivity contribution in [2.24, 2.45) is 0 Å². The van der Waals surface area contributed by atoms with Gasteiger partial charge in [0, 0.05) is 17.4 Å². The van der Waals surface area contributed by atoms with Gasteiger partial charge in [-0.3, -0.25) is 0 Å². The molecule has 0 spiro atoms. The van der Waals surface area contributed by atoms with Crippen LogP contribution >= 0.6 is 23.6 Å². The Labute approximate surface area is 111 Å². The fraction of sp³-hybridized carbons (Fsp3) is 0.0909. The standard InChI is InChI=1S/C11H7ClO5S/c1-16-18-8-3-2-7(12)5-4-6(10(13)14)11(15)17-9(5)8/h2-4H,1H3,(H,13,14). The van der Waals surface area contributed by atoms with Crippen LogP contribution in [0.15, 0.2) is 32.3 Å². The Bertz CT molecular complexity index is 679. The second-order valence-electron chi connectivity index (χ2n) is 3.29. The molecule has 0 aliphatic rings. The summed E-state index contributed by atoms with van der Waals surface area (Å²) < 4.78 is 9.89. The van der Waals surface area contributed by atoms with Crippen molar-refractivity contribution in [2.45, 2.75) is 4.90 Å². The van der Waals surface area contributed by atoms with Crippen LogP contribution in [0.1, 0.15) is 10.4 Å². The van der Waals surface area contributed by atoms with E-state index in [1.807, 2.05) is 0 Å². The summed E-state index contributed by atoms with van der Waals surface area (Å²) in [6, 6.07) is 4.41. The molecule has 5 nitrogen and oxygen atoms in total. The van der Waals surface area contributed by atoms with Crippen LogP contribution in [0.4, 0.5) is 0 Å². The van der Waals surface area contributed by atoms with Gasteiger partial charge >= 0.3 is 11.6 Å². The number of hydrogen-bond acceptors (Lipinski definition) is 5. The average Bonchev–Trinajstić information content (AvgIpc) is 2.32. The van der Waals surface area contributed by atoms with Crippen LogP contribution in [0.25, 0.3) is 11.0 Å². The van der Waals surface area contributed by atoms with Crippen molar-refractivity contribution in [3.63, 3.8) is 0 Å². The molecular weight excluding hydrogens is 280 g/mol. The van der Waals surface area contributed by atoms with Crippen molar-refractivity contribution in [1.82, 2.24) is 0 Å². The summed E-state index contributed by atoms with van der Waals surface area (Å²) >= 11 is 6.95. The predicted molar refractivity (Wildman–Crippen MR) is 67.3 cm³/mol. The van der Waals surface area contributed by atoms with Crippen LogP contribution in [0.3, 0.4) is 0 Å². The van der Waals surface area contributed by atoms with E-state index >= 15 is 0 Å². The number of benzene rings is 1. The lowest BCUT2D eigenvalue weighted by Crippen LogP contribution is -2.13. The second kappa shape index (κ2) is 5.01. The molecule has 1 heterocycles. The summed E-state index contributed by atoms with van der Waals surface area (Å²) in [5.74, 6) is -1.36. The lowest BCUT2D eigenvalue weighted by molar-refractivity contribution is 0.0692. The molecule has 0 aliphatic carbocycles. The van der Waals surface area contributed by atoms with Crippen molar-refractivity contribution < 1.29 is 18.5 Å². The van der Waals surface area contributed by atoms with Crippen molar-refractivity contribution in [3.8, 4) is 0 Å². The summed E-state index contributed by atoms with van der Waals surface area (Å²) in [7, 11) is 1.47. The van der Waals surface area contributed by atoms with Crippen LogP contribution in [0, 0.1) is 0 Å². The van der Waals surface area contributed by atoms with E-state index in [0.717, 1.165) is 12.0 Å². The fourth-order valence-electron chi connectivity index (χ4n) is 1.45. The highest BCUT2D eigenvalue weighted by molar-refractivity contribution is 7.94. The molecule has 0 bridgehead atoms. The van der Waals surface area contributed by atoms with Crippen LogP contribution in [-0.2, 0) is 4.18 Å².